The standard InChI is InChI=1S/C12H11F2N3O2S/c1-20(18,19)17(7-9-5-15-8-16-6-9)12-3-2-10(13)4-11(12)14/h2-6,8H,7H2,1H3. The van der Waals surface area contributed by atoms with E-state index in [1.165, 1.54) is 18.7 Å². The van der Waals surface area contributed by atoms with E-state index in [9.17, 15) is 17.2 Å². The Morgan fingerprint density at radius 2 is 1.85 bits per heavy atom. The van der Waals surface area contributed by atoms with Crippen molar-refractivity contribution in [3.8, 4) is 0 Å². The van der Waals surface area contributed by atoms with E-state index in [0.717, 1.165) is 22.7 Å². The highest BCUT2D eigenvalue weighted by Gasteiger charge is 2.21. The number of sulfonamides is 1. The number of hydrogen-bond donors (Lipinski definition) is 0. The van der Waals surface area contributed by atoms with Gasteiger partial charge in [-0.05, 0) is 12.1 Å². The number of halogens is 2. The van der Waals surface area contributed by atoms with E-state index < -0.39 is 21.7 Å². The van der Waals surface area contributed by atoms with Crippen LogP contribution >= 0.6 is 0 Å². The van der Waals surface area contributed by atoms with Crippen LogP contribution in [0.15, 0.2) is 36.9 Å². The Morgan fingerprint density at radius 1 is 1.20 bits per heavy atom. The second kappa shape index (κ2) is 5.49. The molecular formula is C12H11F2N3O2S. The smallest absolute Gasteiger partial charge is 0.232 e. The molecule has 0 aliphatic heterocycles. The van der Waals surface area contributed by atoms with Gasteiger partial charge in [0.05, 0.1) is 18.5 Å². The van der Waals surface area contributed by atoms with Gasteiger partial charge in [-0.15, -0.1) is 0 Å². The van der Waals surface area contributed by atoms with Crippen LogP contribution in [0.1, 0.15) is 5.56 Å². The minimum Gasteiger partial charge on any atom is -0.263 e. The van der Waals surface area contributed by atoms with Gasteiger partial charge in [-0.1, -0.05) is 0 Å². The fourth-order valence-electron chi connectivity index (χ4n) is 1.64. The molecule has 0 N–H and O–H groups in total. The molecule has 1 aromatic carbocycles. The van der Waals surface area contributed by atoms with Crippen molar-refractivity contribution in [1.82, 2.24) is 9.97 Å². The van der Waals surface area contributed by atoms with Gasteiger partial charge in [0.2, 0.25) is 10.0 Å². The molecule has 0 unspecified atom stereocenters. The average Bonchev–Trinajstić information content (AvgIpc) is 2.37. The van der Waals surface area contributed by atoms with E-state index in [4.69, 9.17) is 0 Å². The number of nitrogens with zero attached hydrogens (tertiary/aromatic N) is 3. The highest BCUT2D eigenvalue weighted by atomic mass is 32.2. The Morgan fingerprint density at radius 3 is 2.40 bits per heavy atom. The molecule has 0 fully saturated rings. The molecule has 0 saturated heterocycles. The van der Waals surface area contributed by atoms with Gasteiger partial charge in [0.15, 0.2) is 0 Å². The largest absolute Gasteiger partial charge is 0.263 e. The number of benzene rings is 1. The number of hydrogen-bond acceptors (Lipinski definition) is 4. The molecule has 2 rings (SSSR count). The maximum atomic E-state index is 13.8. The van der Waals surface area contributed by atoms with Gasteiger partial charge < -0.3 is 0 Å². The topological polar surface area (TPSA) is 63.2 Å². The van der Waals surface area contributed by atoms with Gasteiger partial charge in [0.1, 0.15) is 18.0 Å². The summed E-state index contributed by atoms with van der Waals surface area (Å²) in [6, 6.07) is 2.71. The second-order valence-electron chi connectivity index (χ2n) is 4.11. The predicted octanol–water partition coefficient (Wildman–Crippen LogP) is 1.72. The lowest BCUT2D eigenvalue weighted by atomic mass is 10.2. The maximum Gasteiger partial charge on any atom is 0.232 e. The van der Waals surface area contributed by atoms with Gasteiger partial charge in [0.25, 0.3) is 0 Å². The molecule has 1 aromatic heterocycles. The predicted molar refractivity (Wildman–Crippen MR) is 69.4 cm³/mol. The molecule has 5 nitrogen and oxygen atoms in total. The number of anilines is 1. The summed E-state index contributed by atoms with van der Waals surface area (Å²) in [7, 11) is -3.74. The average molecular weight is 299 g/mol. The number of aromatic nitrogens is 2. The van der Waals surface area contributed by atoms with E-state index in [1.807, 2.05) is 0 Å². The molecule has 1 heterocycles. The van der Waals surface area contributed by atoms with Gasteiger partial charge in [-0.3, -0.25) is 4.31 Å². The van der Waals surface area contributed by atoms with Crippen molar-refractivity contribution in [1.29, 1.82) is 0 Å². The van der Waals surface area contributed by atoms with Crippen LogP contribution in [-0.2, 0) is 16.6 Å². The summed E-state index contributed by atoms with van der Waals surface area (Å²) in [6.07, 6.45) is 5.09. The Kier molecular flexibility index (Phi) is 3.93. The zero-order chi connectivity index (χ0) is 14.8. The van der Waals surface area contributed by atoms with E-state index in [2.05, 4.69) is 9.97 Å². The summed E-state index contributed by atoms with van der Waals surface area (Å²) >= 11 is 0. The third-order valence-electron chi connectivity index (χ3n) is 2.52. The van der Waals surface area contributed by atoms with Crippen molar-refractivity contribution in [2.75, 3.05) is 10.6 Å². The Labute approximate surface area is 115 Å². The maximum absolute atomic E-state index is 13.8. The first kappa shape index (κ1) is 14.3. The monoisotopic (exact) mass is 299 g/mol. The summed E-state index contributed by atoms with van der Waals surface area (Å²) in [5.74, 6) is -1.73. The molecule has 0 amide bonds. The molecule has 0 saturated carbocycles. The fourth-order valence-corrected chi connectivity index (χ4v) is 2.53. The van der Waals surface area contributed by atoms with Crippen LogP contribution in [0.2, 0.25) is 0 Å². The zero-order valence-corrected chi connectivity index (χ0v) is 11.3. The highest BCUT2D eigenvalue weighted by molar-refractivity contribution is 7.92. The van der Waals surface area contributed by atoms with Crippen LogP contribution in [0.4, 0.5) is 14.5 Å². The summed E-state index contributed by atoms with van der Waals surface area (Å²) < 4.78 is 51.1. The summed E-state index contributed by atoms with van der Waals surface area (Å²) in [5, 5.41) is 0. The van der Waals surface area contributed by atoms with E-state index in [0.29, 0.717) is 11.6 Å². The molecule has 0 aliphatic carbocycles. The van der Waals surface area contributed by atoms with Gasteiger partial charge in [-0.25, -0.2) is 27.2 Å². The SMILES string of the molecule is CS(=O)(=O)N(Cc1cncnc1)c1ccc(F)cc1F. The second-order valence-corrected chi connectivity index (χ2v) is 6.02. The van der Waals surface area contributed by atoms with Crippen molar-refractivity contribution in [3.63, 3.8) is 0 Å². The van der Waals surface area contributed by atoms with Crippen LogP contribution in [0.3, 0.4) is 0 Å². The fraction of sp³-hybridized carbons (Fsp3) is 0.167. The van der Waals surface area contributed by atoms with Crippen molar-refractivity contribution >= 4 is 15.7 Å². The molecule has 0 spiro atoms. The van der Waals surface area contributed by atoms with Gasteiger partial charge in [0, 0.05) is 24.0 Å². The summed E-state index contributed by atoms with van der Waals surface area (Å²) in [5.41, 5.74) is 0.263. The van der Waals surface area contributed by atoms with Crippen LogP contribution in [0, 0.1) is 11.6 Å². The zero-order valence-electron chi connectivity index (χ0n) is 10.5. The minimum absolute atomic E-state index is 0.137. The normalized spacial score (nSPS) is 11.3. The molecule has 8 heteroatoms. The van der Waals surface area contributed by atoms with Crippen LogP contribution < -0.4 is 4.31 Å². The third-order valence-corrected chi connectivity index (χ3v) is 3.65. The van der Waals surface area contributed by atoms with Crippen LogP contribution in [0.5, 0.6) is 0 Å². The number of rotatable bonds is 4. The summed E-state index contributed by atoms with van der Waals surface area (Å²) in [4.78, 5) is 7.53. The van der Waals surface area contributed by atoms with Crippen LogP contribution in [0.25, 0.3) is 0 Å². The van der Waals surface area contributed by atoms with E-state index in [1.54, 1.807) is 0 Å². The van der Waals surface area contributed by atoms with Gasteiger partial charge >= 0.3 is 0 Å². The molecule has 0 bridgehead atoms. The first-order chi connectivity index (χ1) is 9.38. The highest BCUT2D eigenvalue weighted by Crippen LogP contribution is 2.24. The summed E-state index contributed by atoms with van der Waals surface area (Å²) in [6.45, 7) is -0.137. The van der Waals surface area contributed by atoms with Crippen molar-refractivity contribution < 1.29 is 17.2 Å². The third kappa shape index (κ3) is 3.27. The van der Waals surface area contributed by atoms with Crippen LogP contribution in [-0.4, -0.2) is 24.6 Å². The Balaban J connectivity index is 2.44. The molecule has 20 heavy (non-hydrogen) atoms. The molecule has 2 aromatic rings. The lowest BCUT2D eigenvalue weighted by molar-refractivity contribution is 0.575. The van der Waals surface area contributed by atoms with Crippen molar-refractivity contribution in [3.05, 3.63) is 54.1 Å². The quantitative estimate of drug-likeness (QED) is 0.862. The molecule has 0 radical (unpaired) electrons. The minimum atomic E-state index is -3.74. The lowest BCUT2D eigenvalue weighted by Gasteiger charge is -2.22. The Bertz CT molecular complexity index is 708. The molecule has 0 atom stereocenters. The Hall–Kier alpha value is -2.09. The van der Waals surface area contributed by atoms with E-state index in [-0.39, 0.29) is 12.2 Å². The van der Waals surface area contributed by atoms with Gasteiger partial charge in [-0.2, -0.15) is 0 Å². The van der Waals surface area contributed by atoms with Crippen molar-refractivity contribution in [2.45, 2.75) is 6.54 Å². The van der Waals surface area contributed by atoms with E-state index >= 15 is 0 Å². The lowest BCUT2D eigenvalue weighted by Crippen LogP contribution is -2.30. The molecule has 106 valence electrons. The first-order valence-electron chi connectivity index (χ1n) is 5.54. The molecule has 0 aliphatic rings. The first-order valence-corrected chi connectivity index (χ1v) is 7.39. The van der Waals surface area contributed by atoms with Crippen molar-refractivity contribution in [2.24, 2.45) is 0 Å². The molecular weight excluding hydrogens is 288 g/mol.